The molecule has 0 radical (unpaired) electrons. The fourth-order valence-corrected chi connectivity index (χ4v) is 2.84. The van der Waals surface area contributed by atoms with Crippen molar-refractivity contribution in [3.63, 3.8) is 0 Å². The maximum absolute atomic E-state index is 12.9. The molecule has 0 saturated heterocycles. The molecule has 1 aromatic carbocycles. The highest BCUT2D eigenvalue weighted by Gasteiger charge is 2.18. The second kappa shape index (κ2) is 7.82. The molecule has 0 fully saturated rings. The quantitative estimate of drug-likeness (QED) is 0.402. The van der Waals surface area contributed by atoms with E-state index in [4.69, 9.17) is 10.5 Å². The van der Waals surface area contributed by atoms with Gasteiger partial charge in [0.25, 0.3) is 0 Å². The Hall–Kier alpha value is -3.15. The molecule has 0 atom stereocenters. The Morgan fingerprint density at radius 2 is 1.92 bits per heavy atom. The van der Waals surface area contributed by atoms with Crippen molar-refractivity contribution in [2.75, 3.05) is 12.3 Å². The number of aromatic nitrogens is 2. The number of hydrogen-bond acceptors (Lipinski definition) is 5. The molecule has 0 amide bonds. The lowest BCUT2D eigenvalue weighted by Gasteiger charge is -2.02. The maximum Gasteiger partial charge on any atom is 0.305 e. The van der Waals surface area contributed by atoms with Crippen LogP contribution in [0.15, 0.2) is 48.7 Å². The van der Waals surface area contributed by atoms with Crippen molar-refractivity contribution in [2.45, 2.75) is 26.2 Å². The number of nitrogens with two attached hydrogens (primary N) is 1. The van der Waals surface area contributed by atoms with Gasteiger partial charge in [0.05, 0.1) is 12.1 Å². The standard InChI is InChI=1S/C20H21N3O3/c1-2-26-18(24)8-5-7-17-22-19(16-6-3-4-13-23(16)17)20(25)14-9-11-15(21)12-10-14/h3-4,6,9-13H,2,5,7-8,21H2,1H3. The van der Waals surface area contributed by atoms with Gasteiger partial charge in [-0.05, 0) is 49.7 Å². The minimum atomic E-state index is -0.216. The van der Waals surface area contributed by atoms with Crippen LogP contribution in [0.3, 0.4) is 0 Å². The van der Waals surface area contributed by atoms with E-state index < -0.39 is 0 Å². The molecule has 0 spiro atoms. The van der Waals surface area contributed by atoms with Crippen LogP contribution in [0.25, 0.3) is 5.52 Å². The molecule has 2 aromatic heterocycles. The number of nitrogen functional groups attached to an aromatic ring is 1. The number of carbonyl (C=O) groups is 2. The first kappa shape index (κ1) is 17.7. The number of anilines is 1. The number of ketones is 1. The third-order valence-electron chi connectivity index (χ3n) is 4.10. The van der Waals surface area contributed by atoms with Crippen molar-refractivity contribution in [2.24, 2.45) is 0 Å². The highest BCUT2D eigenvalue weighted by molar-refractivity contribution is 6.12. The number of aryl methyl sites for hydroxylation is 1. The molecule has 3 rings (SSSR count). The molecule has 0 aliphatic rings. The Kier molecular flexibility index (Phi) is 5.31. The summed E-state index contributed by atoms with van der Waals surface area (Å²) < 4.78 is 6.85. The summed E-state index contributed by atoms with van der Waals surface area (Å²) >= 11 is 0. The van der Waals surface area contributed by atoms with Gasteiger partial charge < -0.3 is 14.9 Å². The van der Waals surface area contributed by atoms with Gasteiger partial charge in [-0.3, -0.25) is 9.59 Å². The van der Waals surface area contributed by atoms with Crippen molar-refractivity contribution < 1.29 is 14.3 Å². The van der Waals surface area contributed by atoms with Crippen molar-refractivity contribution >= 4 is 23.0 Å². The van der Waals surface area contributed by atoms with Crippen molar-refractivity contribution in [3.8, 4) is 0 Å². The Balaban J connectivity index is 1.86. The molecule has 0 aliphatic heterocycles. The SMILES string of the molecule is CCOC(=O)CCCc1nc(C(=O)c2ccc(N)cc2)c2ccccn12. The van der Waals surface area contributed by atoms with E-state index in [0.717, 1.165) is 11.3 Å². The lowest BCUT2D eigenvalue weighted by molar-refractivity contribution is -0.143. The predicted octanol–water partition coefficient (Wildman–Crippen LogP) is 3.03. The molecular weight excluding hydrogens is 330 g/mol. The number of imidazole rings is 1. The fourth-order valence-electron chi connectivity index (χ4n) is 2.84. The monoisotopic (exact) mass is 351 g/mol. The molecule has 6 nitrogen and oxygen atoms in total. The van der Waals surface area contributed by atoms with Gasteiger partial charge >= 0.3 is 5.97 Å². The third-order valence-corrected chi connectivity index (χ3v) is 4.10. The lowest BCUT2D eigenvalue weighted by atomic mass is 10.1. The van der Waals surface area contributed by atoms with Gasteiger partial charge in [0.1, 0.15) is 11.5 Å². The van der Waals surface area contributed by atoms with Crippen LogP contribution in [0, 0.1) is 0 Å². The van der Waals surface area contributed by atoms with E-state index >= 15 is 0 Å². The van der Waals surface area contributed by atoms with Gasteiger partial charge in [0.2, 0.25) is 5.78 Å². The van der Waals surface area contributed by atoms with Gasteiger partial charge in [0, 0.05) is 30.3 Å². The average molecular weight is 351 g/mol. The van der Waals surface area contributed by atoms with Crippen LogP contribution in [0.2, 0.25) is 0 Å². The summed E-state index contributed by atoms with van der Waals surface area (Å²) in [4.78, 5) is 28.9. The molecule has 0 aliphatic carbocycles. The van der Waals surface area contributed by atoms with Crippen LogP contribution < -0.4 is 5.73 Å². The molecule has 0 unspecified atom stereocenters. The highest BCUT2D eigenvalue weighted by Crippen LogP contribution is 2.19. The zero-order chi connectivity index (χ0) is 18.5. The Bertz CT molecular complexity index is 929. The van der Waals surface area contributed by atoms with Crippen LogP contribution in [-0.4, -0.2) is 27.7 Å². The first-order chi connectivity index (χ1) is 12.6. The minimum absolute atomic E-state index is 0.148. The van der Waals surface area contributed by atoms with Gasteiger partial charge in [-0.2, -0.15) is 0 Å². The van der Waals surface area contributed by atoms with E-state index in [9.17, 15) is 9.59 Å². The third kappa shape index (κ3) is 3.74. The van der Waals surface area contributed by atoms with E-state index in [1.165, 1.54) is 0 Å². The number of ether oxygens (including phenoxy) is 1. The lowest BCUT2D eigenvalue weighted by Crippen LogP contribution is -2.05. The zero-order valence-corrected chi connectivity index (χ0v) is 14.6. The Morgan fingerprint density at radius 1 is 1.15 bits per heavy atom. The van der Waals surface area contributed by atoms with E-state index in [-0.39, 0.29) is 11.8 Å². The number of esters is 1. The smallest absolute Gasteiger partial charge is 0.305 e. The number of benzene rings is 1. The summed E-state index contributed by atoms with van der Waals surface area (Å²) in [6.07, 6.45) is 3.40. The topological polar surface area (TPSA) is 86.7 Å². The van der Waals surface area contributed by atoms with E-state index in [2.05, 4.69) is 4.98 Å². The Labute approximate surface area is 151 Å². The minimum Gasteiger partial charge on any atom is -0.466 e. The molecule has 6 heteroatoms. The first-order valence-electron chi connectivity index (χ1n) is 8.62. The van der Waals surface area contributed by atoms with Crippen LogP contribution in [-0.2, 0) is 16.0 Å². The largest absolute Gasteiger partial charge is 0.466 e. The summed E-state index contributed by atoms with van der Waals surface area (Å²) in [5, 5.41) is 0. The average Bonchev–Trinajstić information content (AvgIpc) is 3.01. The van der Waals surface area contributed by atoms with Gasteiger partial charge in [0.15, 0.2) is 0 Å². The predicted molar refractivity (Wildman–Crippen MR) is 99.0 cm³/mol. The van der Waals surface area contributed by atoms with E-state index in [1.807, 2.05) is 28.8 Å². The summed E-state index contributed by atoms with van der Waals surface area (Å²) in [5.41, 5.74) is 8.00. The van der Waals surface area contributed by atoms with Crippen LogP contribution >= 0.6 is 0 Å². The molecule has 2 heterocycles. The normalized spacial score (nSPS) is 10.8. The summed E-state index contributed by atoms with van der Waals surface area (Å²) in [5.74, 6) is 0.389. The van der Waals surface area contributed by atoms with Gasteiger partial charge in [-0.25, -0.2) is 4.98 Å². The van der Waals surface area contributed by atoms with Crippen LogP contribution in [0.5, 0.6) is 0 Å². The van der Waals surface area contributed by atoms with Crippen molar-refractivity contribution in [3.05, 3.63) is 65.7 Å². The van der Waals surface area contributed by atoms with E-state index in [1.54, 1.807) is 31.2 Å². The number of pyridine rings is 1. The van der Waals surface area contributed by atoms with Crippen molar-refractivity contribution in [1.29, 1.82) is 0 Å². The number of rotatable bonds is 7. The molecule has 134 valence electrons. The summed E-state index contributed by atoms with van der Waals surface area (Å²) in [6.45, 7) is 2.17. The summed E-state index contributed by atoms with van der Waals surface area (Å²) in [7, 11) is 0. The van der Waals surface area contributed by atoms with Crippen LogP contribution in [0.4, 0.5) is 5.69 Å². The second-order valence-electron chi connectivity index (χ2n) is 5.94. The molecule has 26 heavy (non-hydrogen) atoms. The molecule has 2 N–H and O–H groups in total. The maximum atomic E-state index is 12.9. The number of carbonyl (C=O) groups excluding carboxylic acids is 2. The number of nitrogens with zero attached hydrogens (tertiary/aromatic N) is 2. The van der Waals surface area contributed by atoms with Gasteiger partial charge in [-0.15, -0.1) is 0 Å². The Morgan fingerprint density at radius 3 is 2.65 bits per heavy atom. The first-order valence-corrected chi connectivity index (χ1v) is 8.62. The summed E-state index contributed by atoms with van der Waals surface area (Å²) in [6, 6.07) is 12.4. The molecule has 3 aromatic rings. The zero-order valence-electron chi connectivity index (χ0n) is 14.6. The van der Waals surface area contributed by atoms with Crippen molar-refractivity contribution in [1.82, 2.24) is 9.38 Å². The van der Waals surface area contributed by atoms with Crippen LogP contribution in [0.1, 0.15) is 41.6 Å². The fraction of sp³-hybridized carbons (Fsp3) is 0.250. The van der Waals surface area contributed by atoms with Gasteiger partial charge in [-0.1, -0.05) is 6.07 Å². The molecule has 0 saturated carbocycles. The molecule has 0 bridgehead atoms. The number of fused-ring (bicyclic) bond motifs is 1. The highest BCUT2D eigenvalue weighted by atomic mass is 16.5. The number of hydrogen-bond donors (Lipinski definition) is 1. The van der Waals surface area contributed by atoms with E-state index in [0.29, 0.717) is 42.8 Å². The second-order valence-corrected chi connectivity index (χ2v) is 5.94. The molecular formula is C20H21N3O3.